The molecule has 8 heteroatoms. The maximum Gasteiger partial charge on any atom is 0.262 e. The monoisotopic (exact) mass is 376 g/mol. The summed E-state index contributed by atoms with van der Waals surface area (Å²) in [6.45, 7) is 1.41. The van der Waals surface area contributed by atoms with Crippen LogP contribution >= 0.6 is 15.9 Å². The van der Waals surface area contributed by atoms with Crippen molar-refractivity contribution >= 4 is 37.3 Å². The minimum Gasteiger partial charge on any atom is -0.396 e. The lowest BCUT2D eigenvalue weighted by Gasteiger charge is -2.11. The second-order valence-corrected chi connectivity index (χ2v) is 6.91. The fourth-order valence-electron chi connectivity index (χ4n) is 1.70. The summed E-state index contributed by atoms with van der Waals surface area (Å²) in [6, 6.07) is 5.75. The summed E-state index contributed by atoms with van der Waals surface area (Å²) < 4.78 is 53.7. The third kappa shape index (κ3) is 3.33. The van der Waals surface area contributed by atoms with Gasteiger partial charge in [0.25, 0.3) is 10.0 Å². The third-order valence-corrected chi connectivity index (χ3v) is 4.78. The first kappa shape index (κ1) is 15.7. The summed E-state index contributed by atoms with van der Waals surface area (Å²) in [7, 11) is -4.01. The van der Waals surface area contributed by atoms with Crippen molar-refractivity contribution in [2.24, 2.45) is 0 Å². The van der Waals surface area contributed by atoms with Gasteiger partial charge in [-0.1, -0.05) is 0 Å². The summed E-state index contributed by atoms with van der Waals surface area (Å²) in [4.78, 5) is -0.199. The zero-order valence-corrected chi connectivity index (χ0v) is 13.2. The van der Waals surface area contributed by atoms with E-state index in [1.165, 1.54) is 19.1 Å². The van der Waals surface area contributed by atoms with Crippen molar-refractivity contribution in [2.45, 2.75) is 11.8 Å². The van der Waals surface area contributed by atoms with E-state index in [0.717, 1.165) is 18.2 Å². The molecule has 2 aromatic rings. The molecule has 0 heterocycles. The average molecular weight is 377 g/mol. The molecule has 0 amide bonds. The third-order valence-electron chi connectivity index (χ3n) is 2.74. The number of aryl methyl sites for hydroxylation is 1. The zero-order chi connectivity index (χ0) is 15.8. The molecule has 0 bridgehead atoms. The normalized spacial score (nSPS) is 11.4. The van der Waals surface area contributed by atoms with Gasteiger partial charge in [-0.25, -0.2) is 17.2 Å². The molecule has 4 nitrogen and oxygen atoms in total. The van der Waals surface area contributed by atoms with Gasteiger partial charge in [0.2, 0.25) is 0 Å². The fraction of sp³-hybridized carbons (Fsp3) is 0.0769. The van der Waals surface area contributed by atoms with Gasteiger partial charge >= 0.3 is 0 Å². The van der Waals surface area contributed by atoms with E-state index in [1.807, 2.05) is 0 Å². The second-order valence-electron chi connectivity index (χ2n) is 4.37. The Kier molecular flexibility index (Phi) is 4.20. The van der Waals surface area contributed by atoms with Crippen LogP contribution in [0.1, 0.15) is 5.56 Å². The summed E-state index contributed by atoms with van der Waals surface area (Å²) in [6.07, 6.45) is 0. The van der Waals surface area contributed by atoms with Crippen LogP contribution in [0.15, 0.2) is 39.7 Å². The smallest absolute Gasteiger partial charge is 0.262 e. The quantitative estimate of drug-likeness (QED) is 0.806. The van der Waals surface area contributed by atoms with Gasteiger partial charge in [-0.05, 0) is 58.7 Å². The number of halogens is 3. The fourth-order valence-corrected chi connectivity index (χ4v) is 3.36. The Hall–Kier alpha value is -1.67. The van der Waals surface area contributed by atoms with Crippen LogP contribution in [0.2, 0.25) is 0 Å². The van der Waals surface area contributed by atoms with Gasteiger partial charge in [0.05, 0.1) is 16.3 Å². The molecular weight excluding hydrogens is 366 g/mol. The van der Waals surface area contributed by atoms with Gasteiger partial charge in [0, 0.05) is 4.47 Å². The molecule has 0 radical (unpaired) electrons. The minimum absolute atomic E-state index is 0.0375. The molecule has 21 heavy (non-hydrogen) atoms. The van der Waals surface area contributed by atoms with Crippen LogP contribution in [0, 0.1) is 18.6 Å². The van der Waals surface area contributed by atoms with Gasteiger partial charge in [0.1, 0.15) is 11.6 Å². The van der Waals surface area contributed by atoms with Crippen molar-refractivity contribution in [3.63, 3.8) is 0 Å². The predicted octanol–water partition coefficient (Wildman–Crippen LogP) is 3.42. The van der Waals surface area contributed by atoms with Gasteiger partial charge < -0.3 is 5.73 Å². The van der Waals surface area contributed by atoms with E-state index in [-0.39, 0.29) is 21.8 Å². The number of hydrogen-bond donors (Lipinski definition) is 2. The highest BCUT2D eigenvalue weighted by atomic mass is 79.9. The maximum atomic E-state index is 13.4. The van der Waals surface area contributed by atoms with Crippen LogP contribution in [0.25, 0.3) is 0 Å². The van der Waals surface area contributed by atoms with Crippen molar-refractivity contribution < 1.29 is 17.2 Å². The molecule has 0 unspecified atom stereocenters. The molecule has 2 aromatic carbocycles. The summed E-state index contributed by atoms with van der Waals surface area (Å²) in [5.74, 6) is -1.26. The van der Waals surface area contributed by atoms with E-state index < -0.39 is 21.7 Å². The highest BCUT2D eigenvalue weighted by Gasteiger charge is 2.19. The molecule has 3 N–H and O–H groups in total. The molecule has 0 saturated carbocycles. The van der Waals surface area contributed by atoms with Crippen LogP contribution < -0.4 is 10.5 Å². The van der Waals surface area contributed by atoms with E-state index >= 15 is 0 Å². The van der Waals surface area contributed by atoms with E-state index in [4.69, 9.17) is 5.73 Å². The molecule has 0 aromatic heterocycles. The summed E-state index contributed by atoms with van der Waals surface area (Å²) >= 11 is 3.12. The number of rotatable bonds is 3. The van der Waals surface area contributed by atoms with E-state index in [2.05, 4.69) is 20.7 Å². The van der Waals surface area contributed by atoms with E-state index in [0.29, 0.717) is 4.47 Å². The average Bonchev–Trinajstić information content (AvgIpc) is 2.39. The van der Waals surface area contributed by atoms with Crippen LogP contribution in [0.3, 0.4) is 0 Å². The Bertz CT molecular complexity index is 787. The van der Waals surface area contributed by atoms with Crippen molar-refractivity contribution in [1.29, 1.82) is 0 Å². The summed E-state index contributed by atoms with van der Waals surface area (Å²) in [5, 5.41) is 0. The lowest BCUT2D eigenvalue weighted by molar-refractivity contribution is 0.599. The van der Waals surface area contributed by atoms with Crippen LogP contribution in [-0.4, -0.2) is 8.42 Å². The van der Waals surface area contributed by atoms with Crippen molar-refractivity contribution in [1.82, 2.24) is 0 Å². The molecule has 112 valence electrons. The molecule has 0 atom stereocenters. The van der Waals surface area contributed by atoms with Crippen molar-refractivity contribution in [2.75, 3.05) is 10.5 Å². The number of nitrogens with two attached hydrogens (primary N) is 1. The van der Waals surface area contributed by atoms with E-state index in [1.54, 1.807) is 0 Å². The van der Waals surface area contributed by atoms with Gasteiger partial charge in [0.15, 0.2) is 0 Å². The lowest BCUT2D eigenvalue weighted by Crippen LogP contribution is -2.14. The van der Waals surface area contributed by atoms with Gasteiger partial charge in [-0.3, -0.25) is 4.72 Å². The first-order valence-electron chi connectivity index (χ1n) is 5.74. The van der Waals surface area contributed by atoms with Crippen LogP contribution in [0.5, 0.6) is 0 Å². The Balaban J connectivity index is 2.46. The van der Waals surface area contributed by atoms with Crippen molar-refractivity contribution in [3.8, 4) is 0 Å². The number of benzene rings is 2. The Morgan fingerprint density at radius 3 is 2.48 bits per heavy atom. The largest absolute Gasteiger partial charge is 0.396 e. The molecule has 0 fully saturated rings. The summed E-state index contributed by atoms with van der Waals surface area (Å²) in [5.41, 5.74) is 5.30. The molecule has 0 saturated heterocycles. The molecule has 0 aliphatic carbocycles. The second kappa shape index (κ2) is 5.61. The number of nitrogen functional groups attached to an aromatic ring is 1. The zero-order valence-electron chi connectivity index (χ0n) is 10.8. The van der Waals surface area contributed by atoms with Gasteiger partial charge in [-0.15, -0.1) is 0 Å². The lowest BCUT2D eigenvalue weighted by atomic mass is 10.2. The number of sulfonamides is 1. The Morgan fingerprint density at radius 1 is 1.19 bits per heavy atom. The predicted molar refractivity (Wildman–Crippen MR) is 80.5 cm³/mol. The maximum absolute atomic E-state index is 13.4. The van der Waals surface area contributed by atoms with Crippen LogP contribution in [-0.2, 0) is 10.0 Å². The Labute approximate surface area is 129 Å². The first-order chi connectivity index (χ1) is 9.70. The van der Waals surface area contributed by atoms with Crippen LogP contribution in [0.4, 0.5) is 20.2 Å². The SMILES string of the molecule is Cc1cc(S(=O)(=O)Nc2cc(F)ccc2Br)cc(N)c1F. The first-order valence-corrected chi connectivity index (χ1v) is 8.02. The number of nitrogens with one attached hydrogen (secondary N) is 1. The molecule has 2 rings (SSSR count). The van der Waals surface area contributed by atoms with Gasteiger partial charge in [-0.2, -0.15) is 0 Å². The number of anilines is 2. The highest BCUT2D eigenvalue weighted by molar-refractivity contribution is 9.10. The topological polar surface area (TPSA) is 72.2 Å². The standard InChI is InChI=1S/C13H11BrF2N2O2S/c1-7-4-9(6-11(17)13(7)16)21(19,20)18-12-5-8(15)2-3-10(12)14/h2-6,18H,17H2,1H3. The molecule has 0 aliphatic rings. The number of hydrogen-bond acceptors (Lipinski definition) is 3. The molecule has 0 aliphatic heterocycles. The highest BCUT2D eigenvalue weighted by Crippen LogP contribution is 2.27. The minimum atomic E-state index is -4.01. The van der Waals surface area contributed by atoms with E-state index in [9.17, 15) is 17.2 Å². The molecular formula is C13H11BrF2N2O2S. The molecule has 0 spiro atoms. The van der Waals surface area contributed by atoms with Crippen molar-refractivity contribution in [3.05, 3.63) is 52.0 Å². The Morgan fingerprint density at radius 2 is 1.86 bits per heavy atom.